The smallest absolute Gasteiger partial charge is 0.225 e. The number of halogens is 2. The number of nitrogens with one attached hydrogen (secondary N) is 1. The van der Waals surface area contributed by atoms with E-state index in [2.05, 4.69) is 10.3 Å². The van der Waals surface area contributed by atoms with E-state index >= 15 is 4.39 Å². The van der Waals surface area contributed by atoms with Crippen molar-refractivity contribution in [1.29, 1.82) is 0 Å². The number of Topliss-reactive ketones (excluding diaryl/α,β-unsaturated/α-hetero) is 1. The first-order chi connectivity index (χ1) is 18.9. The highest BCUT2D eigenvalue weighted by Gasteiger charge is 2.25. The number of carbonyl (C=O) groups excluding carboxylic acids is 3. The summed E-state index contributed by atoms with van der Waals surface area (Å²) in [7, 11) is 0. The van der Waals surface area contributed by atoms with E-state index in [9.17, 15) is 18.8 Å². The molecule has 4 heterocycles. The molecule has 0 saturated carbocycles. The van der Waals surface area contributed by atoms with E-state index in [1.807, 2.05) is 22.6 Å². The van der Waals surface area contributed by atoms with Gasteiger partial charge in [-0.2, -0.15) is 0 Å². The fourth-order valence-electron chi connectivity index (χ4n) is 5.43. The Hall–Kier alpha value is -3.66. The van der Waals surface area contributed by atoms with Crippen LogP contribution in [0.4, 0.5) is 8.78 Å². The van der Waals surface area contributed by atoms with Gasteiger partial charge in [-0.05, 0) is 61.6 Å². The van der Waals surface area contributed by atoms with Crippen LogP contribution in [0.5, 0.6) is 0 Å². The number of hydrogen-bond donors (Lipinski definition) is 1. The molecule has 2 fully saturated rings. The predicted molar refractivity (Wildman–Crippen MR) is 145 cm³/mol. The van der Waals surface area contributed by atoms with E-state index in [0.29, 0.717) is 73.4 Å². The van der Waals surface area contributed by atoms with E-state index in [4.69, 9.17) is 0 Å². The maximum absolute atomic E-state index is 15.0. The summed E-state index contributed by atoms with van der Waals surface area (Å²) in [5.41, 5.74) is 3.19. The highest BCUT2D eigenvalue weighted by molar-refractivity contribution is 7.23. The van der Waals surface area contributed by atoms with E-state index < -0.39 is 6.17 Å². The number of nitrogens with zero attached hydrogens (tertiary/aromatic N) is 3. The number of likely N-dealkylation sites (tertiary alicyclic amines) is 1. The highest BCUT2D eigenvalue weighted by Crippen LogP contribution is 2.33. The summed E-state index contributed by atoms with van der Waals surface area (Å²) in [6, 6.07) is 10.4. The highest BCUT2D eigenvalue weighted by atomic mass is 32.1. The maximum Gasteiger partial charge on any atom is 0.225 e. The normalized spacial score (nSPS) is 19.8. The lowest BCUT2D eigenvalue weighted by Crippen LogP contribution is -2.40. The lowest BCUT2D eigenvalue weighted by molar-refractivity contribution is -0.135. The maximum atomic E-state index is 15.0. The minimum atomic E-state index is -1.03. The SMILES string of the molecule is O=C1CC[C@H](c2ccc(-c3cn4c(n3)sc3cc(C(=O)CCCCN5CCC(F)CC5=O)ccc34)c(F)c2)N1. The molecule has 10 heteroatoms. The second-order valence-electron chi connectivity index (χ2n) is 10.3. The largest absolute Gasteiger partial charge is 0.349 e. The number of fused-ring (bicyclic) bond motifs is 3. The van der Waals surface area contributed by atoms with Gasteiger partial charge in [-0.15, -0.1) is 0 Å². The molecule has 2 saturated heterocycles. The first-order valence-electron chi connectivity index (χ1n) is 13.3. The van der Waals surface area contributed by atoms with Crippen molar-refractivity contribution in [3.05, 3.63) is 59.5 Å². The first kappa shape index (κ1) is 25.6. The third-order valence-corrected chi connectivity index (χ3v) is 8.64. The Kier molecular flexibility index (Phi) is 6.88. The fourth-order valence-corrected chi connectivity index (χ4v) is 6.48. The molecule has 1 unspecified atom stereocenters. The Morgan fingerprint density at radius 1 is 1.13 bits per heavy atom. The van der Waals surface area contributed by atoms with Crippen molar-refractivity contribution in [1.82, 2.24) is 19.6 Å². The molecular weight excluding hydrogens is 522 g/mol. The Morgan fingerprint density at radius 2 is 2.00 bits per heavy atom. The minimum absolute atomic E-state index is 0.0143. The molecule has 7 nitrogen and oxygen atoms in total. The first-order valence-corrected chi connectivity index (χ1v) is 14.1. The van der Waals surface area contributed by atoms with Crippen LogP contribution in [0.2, 0.25) is 0 Å². The zero-order valence-electron chi connectivity index (χ0n) is 21.3. The summed E-state index contributed by atoms with van der Waals surface area (Å²) in [6.45, 7) is 1.01. The number of piperidine rings is 1. The molecule has 1 N–H and O–H groups in total. The quantitative estimate of drug-likeness (QED) is 0.228. The molecule has 2 aromatic carbocycles. The number of aromatic nitrogens is 2. The number of carbonyl (C=O) groups is 3. The number of thiazole rings is 1. The van der Waals surface area contributed by atoms with Gasteiger partial charge in [0.2, 0.25) is 11.8 Å². The van der Waals surface area contributed by atoms with E-state index in [1.165, 1.54) is 17.4 Å². The average molecular weight is 551 g/mol. The monoisotopic (exact) mass is 550 g/mol. The van der Waals surface area contributed by atoms with Crippen molar-refractivity contribution in [2.45, 2.75) is 57.2 Å². The van der Waals surface area contributed by atoms with Crippen LogP contribution in [0.15, 0.2) is 42.6 Å². The number of amides is 2. The van der Waals surface area contributed by atoms with Crippen molar-refractivity contribution in [2.24, 2.45) is 0 Å². The summed E-state index contributed by atoms with van der Waals surface area (Å²) in [6.07, 6.45) is 3.99. The van der Waals surface area contributed by atoms with Crippen molar-refractivity contribution in [2.75, 3.05) is 13.1 Å². The third-order valence-electron chi connectivity index (χ3n) is 7.63. The van der Waals surface area contributed by atoms with Gasteiger partial charge in [0, 0.05) is 43.3 Å². The molecule has 0 spiro atoms. The average Bonchev–Trinajstić information content (AvgIpc) is 3.61. The fraction of sp³-hybridized carbons (Fsp3) is 0.379. The summed E-state index contributed by atoms with van der Waals surface area (Å²) >= 11 is 1.44. The van der Waals surface area contributed by atoms with Gasteiger partial charge in [0.05, 0.1) is 28.4 Å². The van der Waals surface area contributed by atoms with Gasteiger partial charge in [-0.1, -0.05) is 17.4 Å². The molecule has 202 valence electrons. The van der Waals surface area contributed by atoms with Crippen molar-refractivity contribution < 1.29 is 23.2 Å². The number of alkyl halides is 1. The lowest BCUT2D eigenvalue weighted by atomic mass is 10.0. The molecule has 0 bridgehead atoms. The Labute approximate surface area is 227 Å². The third kappa shape index (κ3) is 5.17. The van der Waals surface area contributed by atoms with Gasteiger partial charge >= 0.3 is 0 Å². The Balaban J connectivity index is 1.12. The van der Waals surface area contributed by atoms with E-state index in [-0.39, 0.29) is 35.9 Å². The number of unbranched alkanes of at least 4 members (excludes halogenated alkanes) is 1. The molecule has 2 amide bonds. The van der Waals surface area contributed by atoms with Gasteiger partial charge in [-0.25, -0.2) is 13.8 Å². The van der Waals surface area contributed by atoms with Crippen LogP contribution >= 0.6 is 11.3 Å². The Morgan fingerprint density at radius 3 is 2.77 bits per heavy atom. The van der Waals surface area contributed by atoms with Gasteiger partial charge in [-0.3, -0.25) is 18.8 Å². The van der Waals surface area contributed by atoms with Gasteiger partial charge in [0.25, 0.3) is 0 Å². The molecule has 6 rings (SSSR count). The van der Waals surface area contributed by atoms with Gasteiger partial charge < -0.3 is 10.2 Å². The number of imidazole rings is 1. The summed E-state index contributed by atoms with van der Waals surface area (Å²) in [5, 5.41) is 2.86. The standard InChI is InChI=1S/C29H28F2N4O3S/c30-19-10-12-34(28(38)15-19)11-2-1-3-25(36)18-5-8-24-26(14-18)39-29-33-23(16-35(24)29)20-6-4-17(13-21(20)31)22-7-9-27(37)32-22/h4-6,8,13-14,16,19,22H,1-3,7,9-12,15H2,(H,32,37)/t19?,22-/m1/s1. The van der Waals surface area contributed by atoms with Crippen molar-refractivity contribution in [3.8, 4) is 11.3 Å². The zero-order chi connectivity index (χ0) is 27.1. The molecule has 2 aromatic heterocycles. The number of benzene rings is 2. The van der Waals surface area contributed by atoms with E-state index in [0.717, 1.165) is 15.8 Å². The predicted octanol–water partition coefficient (Wildman–Crippen LogP) is 5.62. The second kappa shape index (κ2) is 10.5. The zero-order valence-corrected chi connectivity index (χ0v) is 22.1. The van der Waals surface area contributed by atoms with Crippen molar-refractivity contribution >= 4 is 44.1 Å². The van der Waals surface area contributed by atoms with Crippen LogP contribution in [0, 0.1) is 5.82 Å². The summed E-state index contributed by atoms with van der Waals surface area (Å²) in [5.74, 6) is -0.499. The molecule has 4 aromatic rings. The molecule has 0 aliphatic carbocycles. The second-order valence-corrected chi connectivity index (χ2v) is 11.3. The molecular formula is C29H28F2N4O3S. The molecule has 0 radical (unpaired) electrons. The number of hydrogen-bond acceptors (Lipinski definition) is 5. The topological polar surface area (TPSA) is 83.8 Å². The van der Waals surface area contributed by atoms with E-state index in [1.54, 1.807) is 23.2 Å². The molecule has 2 atom stereocenters. The Bertz CT molecular complexity index is 1600. The van der Waals surface area contributed by atoms with Gasteiger partial charge in [0.1, 0.15) is 12.0 Å². The summed E-state index contributed by atoms with van der Waals surface area (Å²) < 4.78 is 31.2. The van der Waals surface area contributed by atoms with Gasteiger partial charge in [0.15, 0.2) is 10.7 Å². The van der Waals surface area contributed by atoms with Crippen LogP contribution in [0.25, 0.3) is 26.4 Å². The van der Waals surface area contributed by atoms with Crippen LogP contribution in [-0.4, -0.2) is 51.1 Å². The van der Waals surface area contributed by atoms with Crippen LogP contribution < -0.4 is 5.32 Å². The van der Waals surface area contributed by atoms with Crippen LogP contribution in [0.1, 0.15) is 66.9 Å². The lowest BCUT2D eigenvalue weighted by Gasteiger charge is -2.28. The van der Waals surface area contributed by atoms with Crippen molar-refractivity contribution in [3.63, 3.8) is 0 Å². The minimum Gasteiger partial charge on any atom is -0.349 e. The number of ketones is 1. The number of rotatable bonds is 8. The van der Waals surface area contributed by atoms with Crippen LogP contribution in [0.3, 0.4) is 0 Å². The summed E-state index contributed by atoms with van der Waals surface area (Å²) in [4.78, 5) is 43.3. The van der Waals surface area contributed by atoms with Crippen LogP contribution in [-0.2, 0) is 9.59 Å². The molecule has 39 heavy (non-hydrogen) atoms. The molecule has 2 aliphatic heterocycles. The molecule has 2 aliphatic rings.